The molecule has 0 radical (unpaired) electrons. The summed E-state index contributed by atoms with van der Waals surface area (Å²) in [5.41, 5.74) is 3.60. The number of anilines is 1. The van der Waals surface area contributed by atoms with Crippen LogP contribution in [0.5, 0.6) is 0 Å². The van der Waals surface area contributed by atoms with Gasteiger partial charge in [-0.1, -0.05) is 30.3 Å². The molecule has 1 unspecified atom stereocenters. The molecule has 1 aliphatic rings. The number of nitrogens with zero attached hydrogens (tertiary/aromatic N) is 2. The van der Waals surface area contributed by atoms with Crippen molar-refractivity contribution in [2.24, 2.45) is 0 Å². The van der Waals surface area contributed by atoms with Crippen molar-refractivity contribution in [2.75, 3.05) is 11.9 Å². The third-order valence-electron chi connectivity index (χ3n) is 5.67. The fourth-order valence-corrected chi connectivity index (χ4v) is 4.03. The average molecular weight is 426 g/mol. The lowest BCUT2D eigenvalue weighted by atomic mass is 10.0. The molecule has 3 heterocycles. The highest BCUT2D eigenvalue weighted by Crippen LogP contribution is 2.31. The summed E-state index contributed by atoms with van der Waals surface area (Å²) >= 11 is 0. The van der Waals surface area contributed by atoms with Gasteiger partial charge in [0.1, 0.15) is 29.0 Å². The molecule has 0 aliphatic carbocycles. The second-order valence-corrected chi connectivity index (χ2v) is 7.73. The molecule has 0 bridgehead atoms. The quantitative estimate of drug-likeness (QED) is 0.453. The summed E-state index contributed by atoms with van der Waals surface area (Å²) in [5, 5.41) is 8.45. The molecule has 7 heteroatoms. The Morgan fingerprint density at radius 1 is 1.22 bits per heavy atom. The minimum absolute atomic E-state index is 0.0565. The fourth-order valence-electron chi connectivity index (χ4n) is 4.03. The van der Waals surface area contributed by atoms with Crippen LogP contribution in [0.1, 0.15) is 24.4 Å². The summed E-state index contributed by atoms with van der Waals surface area (Å²) in [6, 6.07) is 13.8. The van der Waals surface area contributed by atoms with Gasteiger partial charge in [0.2, 0.25) is 0 Å². The number of furan rings is 1. The maximum Gasteiger partial charge on any atom is 0.277 e. The van der Waals surface area contributed by atoms with E-state index in [9.17, 15) is 9.59 Å². The third kappa shape index (κ3) is 3.47. The molecule has 0 fully saturated rings. The minimum Gasteiger partial charge on any atom is -0.456 e. The van der Waals surface area contributed by atoms with Crippen LogP contribution >= 0.6 is 0 Å². The monoisotopic (exact) mass is 426 g/mol. The molecule has 2 N–H and O–H groups in total. The van der Waals surface area contributed by atoms with Crippen LogP contribution in [-0.4, -0.2) is 22.4 Å². The van der Waals surface area contributed by atoms with Crippen LogP contribution in [0.3, 0.4) is 0 Å². The van der Waals surface area contributed by atoms with Crippen molar-refractivity contribution in [1.29, 1.82) is 0 Å². The number of aromatic nitrogens is 2. The molecule has 5 rings (SSSR count). The maximum atomic E-state index is 13.2. The Bertz CT molecular complexity index is 1440. The molecule has 160 valence electrons. The normalized spacial score (nSPS) is 14.2. The van der Waals surface area contributed by atoms with E-state index in [0.717, 1.165) is 33.1 Å². The first-order chi connectivity index (χ1) is 15.7. The highest BCUT2D eigenvalue weighted by molar-refractivity contribution is 6.05. The summed E-state index contributed by atoms with van der Waals surface area (Å²) in [7, 11) is 0. The number of rotatable bonds is 6. The van der Waals surface area contributed by atoms with E-state index in [1.165, 1.54) is 4.57 Å². The van der Waals surface area contributed by atoms with Gasteiger partial charge in [-0.3, -0.25) is 9.36 Å². The second kappa shape index (κ2) is 8.19. The third-order valence-corrected chi connectivity index (χ3v) is 5.67. The number of hydrogen-bond acceptors (Lipinski definition) is 6. The first kappa shape index (κ1) is 19.8. The Balaban J connectivity index is 1.49. The molecule has 32 heavy (non-hydrogen) atoms. The van der Waals surface area contributed by atoms with Crippen LogP contribution in [0.25, 0.3) is 27.5 Å². The SMILES string of the molecule is CC(Nc1cnc(C2=CC=CNC2)n(CC=O)c1=O)c1ccc2oc3ccccc3c2c1. The molecule has 1 aliphatic heterocycles. The van der Waals surface area contributed by atoms with Crippen molar-refractivity contribution in [3.05, 3.63) is 88.8 Å². The van der Waals surface area contributed by atoms with Crippen molar-refractivity contribution >= 4 is 39.5 Å². The zero-order valence-electron chi connectivity index (χ0n) is 17.5. The van der Waals surface area contributed by atoms with Crippen LogP contribution in [0.4, 0.5) is 5.69 Å². The van der Waals surface area contributed by atoms with E-state index in [1.807, 2.05) is 61.7 Å². The Kier molecular flexibility index (Phi) is 5.07. The molecule has 2 aromatic carbocycles. The fraction of sp³-hybridized carbons (Fsp3) is 0.160. The van der Waals surface area contributed by atoms with Crippen molar-refractivity contribution in [3.8, 4) is 0 Å². The Morgan fingerprint density at radius 2 is 2.06 bits per heavy atom. The Labute approximate surface area is 184 Å². The number of carbonyl (C=O) groups is 1. The predicted octanol–water partition coefficient (Wildman–Crippen LogP) is 4.02. The zero-order chi connectivity index (χ0) is 22.1. The van der Waals surface area contributed by atoms with Gasteiger partial charge in [0, 0.05) is 28.9 Å². The molecule has 0 spiro atoms. The van der Waals surface area contributed by atoms with Gasteiger partial charge in [0.25, 0.3) is 5.56 Å². The number of carbonyl (C=O) groups excluding carboxylic acids is 1. The summed E-state index contributed by atoms with van der Waals surface area (Å²) < 4.78 is 7.31. The van der Waals surface area contributed by atoms with E-state index >= 15 is 0 Å². The molecular formula is C25H22N4O3. The summed E-state index contributed by atoms with van der Waals surface area (Å²) in [6.07, 6.45) is 7.81. The smallest absolute Gasteiger partial charge is 0.277 e. The van der Waals surface area contributed by atoms with Gasteiger partial charge in [0.15, 0.2) is 0 Å². The standard InChI is InChI=1S/C25H22N4O3/c1-16(17-8-9-23-20(13-17)19-6-2-3-7-22(19)32-23)28-21-15-27-24(18-5-4-10-26-14-18)29(11-12-30)25(21)31/h2-10,12-13,15-16,26,28H,11,14H2,1H3. The van der Waals surface area contributed by atoms with E-state index < -0.39 is 0 Å². The summed E-state index contributed by atoms with van der Waals surface area (Å²) in [5.74, 6) is 0.489. The average Bonchev–Trinajstić information content (AvgIpc) is 3.20. The van der Waals surface area contributed by atoms with Gasteiger partial charge in [-0.2, -0.15) is 0 Å². The second-order valence-electron chi connectivity index (χ2n) is 7.73. The van der Waals surface area contributed by atoms with Crippen molar-refractivity contribution in [1.82, 2.24) is 14.9 Å². The predicted molar refractivity (Wildman–Crippen MR) is 125 cm³/mol. The highest BCUT2D eigenvalue weighted by atomic mass is 16.3. The lowest BCUT2D eigenvalue weighted by molar-refractivity contribution is -0.108. The number of aldehydes is 1. The topological polar surface area (TPSA) is 89.2 Å². The number of para-hydroxylation sites is 1. The van der Waals surface area contributed by atoms with Gasteiger partial charge in [0.05, 0.1) is 12.7 Å². The number of allylic oxidation sites excluding steroid dienone is 2. The van der Waals surface area contributed by atoms with Gasteiger partial charge in [-0.05, 0) is 43.0 Å². The summed E-state index contributed by atoms with van der Waals surface area (Å²) in [6.45, 7) is 2.47. The van der Waals surface area contributed by atoms with Crippen LogP contribution in [0.2, 0.25) is 0 Å². The number of hydrogen-bond donors (Lipinski definition) is 2. The largest absolute Gasteiger partial charge is 0.456 e. The molecule has 0 amide bonds. The summed E-state index contributed by atoms with van der Waals surface area (Å²) in [4.78, 5) is 28.9. The highest BCUT2D eigenvalue weighted by Gasteiger charge is 2.17. The first-order valence-corrected chi connectivity index (χ1v) is 10.5. The molecular weight excluding hydrogens is 404 g/mol. The van der Waals surface area contributed by atoms with E-state index in [2.05, 4.69) is 21.7 Å². The van der Waals surface area contributed by atoms with E-state index in [1.54, 1.807) is 6.20 Å². The van der Waals surface area contributed by atoms with Gasteiger partial charge >= 0.3 is 0 Å². The Hall–Kier alpha value is -4.13. The first-order valence-electron chi connectivity index (χ1n) is 10.5. The number of nitrogens with one attached hydrogen (secondary N) is 2. The Morgan fingerprint density at radius 3 is 2.88 bits per heavy atom. The molecule has 4 aromatic rings. The lowest BCUT2D eigenvalue weighted by Crippen LogP contribution is -2.30. The lowest BCUT2D eigenvalue weighted by Gasteiger charge is -2.19. The molecule has 1 atom stereocenters. The van der Waals surface area contributed by atoms with Crippen LogP contribution in [-0.2, 0) is 11.3 Å². The van der Waals surface area contributed by atoms with Gasteiger partial charge in [-0.15, -0.1) is 0 Å². The van der Waals surface area contributed by atoms with E-state index in [4.69, 9.17) is 4.42 Å². The zero-order valence-corrected chi connectivity index (χ0v) is 17.5. The number of fused-ring (bicyclic) bond motifs is 3. The van der Waals surface area contributed by atoms with E-state index in [0.29, 0.717) is 24.3 Å². The van der Waals surface area contributed by atoms with Gasteiger partial charge < -0.3 is 19.8 Å². The van der Waals surface area contributed by atoms with Gasteiger partial charge in [-0.25, -0.2) is 4.98 Å². The minimum atomic E-state index is -0.278. The molecule has 7 nitrogen and oxygen atoms in total. The van der Waals surface area contributed by atoms with E-state index in [-0.39, 0.29) is 18.1 Å². The van der Waals surface area contributed by atoms with Crippen molar-refractivity contribution < 1.29 is 9.21 Å². The molecule has 2 aromatic heterocycles. The van der Waals surface area contributed by atoms with Crippen LogP contribution in [0, 0.1) is 0 Å². The number of benzene rings is 2. The maximum absolute atomic E-state index is 13.2. The van der Waals surface area contributed by atoms with Crippen LogP contribution < -0.4 is 16.2 Å². The van der Waals surface area contributed by atoms with Crippen molar-refractivity contribution in [3.63, 3.8) is 0 Å². The molecule has 0 saturated carbocycles. The van der Waals surface area contributed by atoms with Crippen LogP contribution in [0.15, 0.2) is 76.2 Å². The number of dihydropyridines is 1. The van der Waals surface area contributed by atoms with Crippen molar-refractivity contribution in [2.45, 2.75) is 19.5 Å². The molecule has 0 saturated heterocycles.